The number of aliphatic hydroxyl groups is 1. The smallest absolute Gasteiger partial charge is 0.224 e. The molecule has 2 atom stereocenters. The van der Waals surface area contributed by atoms with Crippen molar-refractivity contribution in [3.63, 3.8) is 0 Å². The first kappa shape index (κ1) is 14.1. The summed E-state index contributed by atoms with van der Waals surface area (Å²) >= 11 is 0. The van der Waals surface area contributed by atoms with Crippen LogP contribution < -0.4 is 5.32 Å². The van der Waals surface area contributed by atoms with Crippen molar-refractivity contribution in [3.8, 4) is 0 Å². The van der Waals surface area contributed by atoms with Gasteiger partial charge in [0.1, 0.15) is 0 Å². The summed E-state index contributed by atoms with van der Waals surface area (Å²) in [6.07, 6.45) is 4.06. The van der Waals surface area contributed by atoms with Gasteiger partial charge in [0.05, 0.1) is 18.2 Å². The van der Waals surface area contributed by atoms with Crippen molar-refractivity contribution in [2.75, 3.05) is 6.54 Å². The van der Waals surface area contributed by atoms with Gasteiger partial charge in [0.25, 0.3) is 0 Å². The Morgan fingerprint density at radius 1 is 1.47 bits per heavy atom. The number of hydrogen-bond donors (Lipinski definition) is 3. The normalized spacial score (nSPS) is 23.3. The van der Waals surface area contributed by atoms with Crippen LogP contribution in [0.4, 0.5) is 0 Å². The highest BCUT2D eigenvalue weighted by Crippen LogP contribution is 2.23. The fourth-order valence-corrected chi connectivity index (χ4v) is 2.76. The number of H-pyrrole nitrogens is 1. The number of amides is 1. The number of hydrogen-bond acceptors (Lipinski definition) is 3. The van der Waals surface area contributed by atoms with Crippen LogP contribution in [0.2, 0.25) is 0 Å². The first-order valence-corrected chi connectivity index (χ1v) is 7.01. The van der Waals surface area contributed by atoms with Gasteiger partial charge in [0.2, 0.25) is 5.91 Å². The third-order valence-electron chi connectivity index (χ3n) is 3.96. The van der Waals surface area contributed by atoms with Gasteiger partial charge in [-0.3, -0.25) is 9.89 Å². The second-order valence-corrected chi connectivity index (χ2v) is 5.58. The predicted molar refractivity (Wildman–Crippen MR) is 72.7 cm³/mol. The first-order chi connectivity index (χ1) is 9.06. The van der Waals surface area contributed by atoms with E-state index in [1.165, 1.54) is 0 Å². The molecule has 0 spiro atoms. The number of aryl methyl sites for hydroxylation is 2. The van der Waals surface area contributed by atoms with Gasteiger partial charge in [-0.05, 0) is 39.0 Å². The molecule has 1 aromatic heterocycles. The Hall–Kier alpha value is -1.36. The zero-order chi connectivity index (χ0) is 13.8. The minimum atomic E-state index is -0.186. The molecule has 1 fully saturated rings. The van der Waals surface area contributed by atoms with Crippen molar-refractivity contribution in [2.24, 2.45) is 5.92 Å². The van der Waals surface area contributed by atoms with E-state index in [4.69, 9.17) is 0 Å². The highest BCUT2D eigenvalue weighted by Gasteiger charge is 2.20. The molecule has 1 heterocycles. The SMILES string of the molecule is Cc1n[nH]c(C)c1CC(=O)NCC1CCCC(O)C1. The molecule has 2 unspecified atom stereocenters. The standard InChI is InChI=1S/C14H23N3O2/c1-9-13(10(2)17-16-9)7-14(19)15-8-11-4-3-5-12(18)6-11/h11-12,18H,3-8H2,1-2H3,(H,15,19)(H,16,17). The average Bonchev–Trinajstić information content (AvgIpc) is 2.68. The maximum absolute atomic E-state index is 11.9. The van der Waals surface area contributed by atoms with Crippen LogP contribution in [-0.2, 0) is 11.2 Å². The molecule has 0 saturated heterocycles. The predicted octanol–water partition coefficient (Wildman–Crippen LogP) is 1.24. The van der Waals surface area contributed by atoms with Gasteiger partial charge >= 0.3 is 0 Å². The number of aliphatic hydroxyl groups excluding tert-OH is 1. The van der Waals surface area contributed by atoms with E-state index in [0.717, 1.165) is 42.6 Å². The Kier molecular flexibility index (Phi) is 4.58. The molecule has 1 aliphatic carbocycles. The van der Waals surface area contributed by atoms with E-state index >= 15 is 0 Å². The second-order valence-electron chi connectivity index (χ2n) is 5.58. The zero-order valence-corrected chi connectivity index (χ0v) is 11.7. The summed E-state index contributed by atoms with van der Waals surface area (Å²) < 4.78 is 0. The lowest BCUT2D eigenvalue weighted by Gasteiger charge is -2.25. The quantitative estimate of drug-likeness (QED) is 0.766. The fourth-order valence-electron chi connectivity index (χ4n) is 2.76. The van der Waals surface area contributed by atoms with Crippen molar-refractivity contribution in [1.29, 1.82) is 0 Å². The molecule has 5 heteroatoms. The molecule has 0 bridgehead atoms. The number of nitrogens with zero attached hydrogens (tertiary/aromatic N) is 1. The van der Waals surface area contributed by atoms with Crippen molar-refractivity contribution in [3.05, 3.63) is 17.0 Å². The molecule has 1 amide bonds. The van der Waals surface area contributed by atoms with E-state index in [1.54, 1.807) is 0 Å². The molecule has 5 nitrogen and oxygen atoms in total. The highest BCUT2D eigenvalue weighted by atomic mass is 16.3. The van der Waals surface area contributed by atoms with Crippen LogP contribution in [0.1, 0.15) is 42.6 Å². The van der Waals surface area contributed by atoms with Crippen LogP contribution in [0.25, 0.3) is 0 Å². The number of nitrogens with one attached hydrogen (secondary N) is 2. The van der Waals surface area contributed by atoms with Gasteiger partial charge in [-0.25, -0.2) is 0 Å². The molecule has 3 N–H and O–H groups in total. The topological polar surface area (TPSA) is 78.0 Å². The third-order valence-corrected chi connectivity index (χ3v) is 3.96. The number of aromatic amines is 1. The molecule has 0 aromatic carbocycles. The molecule has 1 aliphatic rings. The molecule has 0 radical (unpaired) electrons. The summed E-state index contributed by atoms with van der Waals surface area (Å²) in [7, 11) is 0. The fraction of sp³-hybridized carbons (Fsp3) is 0.714. The van der Waals surface area contributed by atoms with E-state index in [-0.39, 0.29) is 12.0 Å². The summed E-state index contributed by atoms with van der Waals surface area (Å²) in [4.78, 5) is 11.9. The van der Waals surface area contributed by atoms with Gasteiger partial charge in [0, 0.05) is 17.8 Å². The average molecular weight is 265 g/mol. The van der Waals surface area contributed by atoms with Crippen LogP contribution in [0.3, 0.4) is 0 Å². The summed E-state index contributed by atoms with van der Waals surface area (Å²) in [5, 5.41) is 19.6. The molecule has 0 aliphatic heterocycles. The van der Waals surface area contributed by atoms with E-state index in [1.807, 2.05) is 13.8 Å². The minimum absolute atomic E-state index is 0.0349. The Morgan fingerprint density at radius 3 is 2.89 bits per heavy atom. The van der Waals surface area contributed by atoms with Crippen LogP contribution in [-0.4, -0.2) is 33.9 Å². The first-order valence-electron chi connectivity index (χ1n) is 7.01. The van der Waals surface area contributed by atoms with Gasteiger partial charge in [0.15, 0.2) is 0 Å². The Bertz CT molecular complexity index is 422. The summed E-state index contributed by atoms with van der Waals surface area (Å²) in [5.74, 6) is 0.451. The lowest BCUT2D eigenvalue weighted by atomic mass is 9.87. The van der Waals surface area contributed by atoms with Crippen LogP contribution in [0.15, 0.2) is 0 Å². The maximum atomic E-state index is 11.9. The van der Waals surface area contributed by atoms with Crippen LogP contribution in [0, 0.1) is 19.8 Å². The third kappa shape index (κ3) is 3.80. The highest BCUT2D eigenvalue weighted by molar-refractivity contribution is 5.79. The van der Waals surface area contributed by atoms with Crippen molar-refractivity contribution in [1.82, 2.24) is 15.5 Å². The van der Waals surface area contributed by atoms with Crippen molar-refractivity contribution >= 4 is 5.91 Å². The number of carbonyl (C=O) groups excluding carboxylic acids is 1. The van der Waals surface area contributed by atoms with Crippen LogP contribution >= 0.6 is 0 Å². The van der Waals surface area contributed by atoms with Crippen molar-refractivity contribution in [2.45, 2.75) is 52.1 Å². The van der Waals surface area contributed by atoms with Gasteiger partial charge < -0.3 is 10.4 Å². The maximum Gasteiger partial charge on any atom is 0.224 e. The zero-order valence-electron chi connectivity index (χ0n) is 11.7. The number of rotatable bonds is 4. The summed E-state index contributed by atoms with van der Waals surface area (Å²) in [6.45, 7) is 4.51. The monoisotopic (exact) mass is 265 g/mol. The van der Waals surface area contributed by atoms with Gasteiger partial charge in [-0.1, -0.05) is 6.42 Å². The Morgan fingerprint density at radius 2 is 2.26 bits per heavy atom. The summed E-state index contributed by atoms with van der Waals surface area (Å²) in [6, 6.07) is 0. The molecule has 1 saturated carbocycles. The molecule has 1 aromatic rings. The molecular weight excluding hydrogens is 242 g/mol. The largest absolute Gasteiger partial charge is 0.393 e. The molecular formula is C14H23N3O2. The molecule has 2 rings (SSSR count). The van der Waals surface area contributed by atoms with E-state index in [2.05, 4.69) is 15.5 Å². The summed E-state index contributed by atoms with van der Waals surface area (Å²) in [5.41, 5.74) is 2.84. The van der Waals surface area contributed by atoms with E-state index in [9.17, 15) is 9.90 Å². The lowest BCUT2D eigenvalue weighted by Crippen LogP contribution is -2.33. The van der Waals surface area contributed by atoms with E-state index in [0.29, 0.717) is 18.9 Å². The molecule has 106 valence electrons. The second kappa shape index (κ2) is 6.19. The van der Waals surface area contributed by atoms with Gasteiger partial charge in [-0.2, -0.15) is 5.10 Å². The Balaban J connectivity index is 1.79. The van der Waals surface area contributed by atoms with E-state index < -0.39 is 0 Å². The Labute approximate surface area is 113 Å². The van der Waals surface area contributed by atoms with Crippen molar-refractivity contribution < 1.29 is 9.90 Å². The molecule has 19 heavy (non-hydrogen) atoms. The minimum Gasteiger partial charge on any atom is -0.393 e. The number of carbonyl (C=O) groups is 1. The van der Waals surface area contributed by atoms with Crippen LogP contribution in [0.5, 0.6) is 0 Å². The lowest BCUT2D eigenvalue weighted by molar-refractivity contribution is -0.120. The number of aromatic nitrogens is 2. The van der Waals surface area contributed by atoms with Gasteiger partial charge in [-0.15, -0.1) is 0 Å².